The lowest BCUT2D eigenvalue weighted by Crippen LogP contribution is -2.49. The maximum absolute atomic E-state index is 13.8. The van der Waals surface area contributed by atoms with Crippen LogP contribution in [0.2, 0.25) is 0 Å². The van der Waals surface area contributed by atoms with Crippen LogP contribution in [0.3, 0.4) is 0 Å². The van der Waals surface area contributed by atoms with E-state index in [1.165, 1.54) is 37.2 Å². The molecule has 0 saturated carbocycles. The molecule has 1 aliphatic rings. The summed E-state index contributed by atoms with van der Waals surface area (Å²) in [4.78, 5) is 25.5. The normalized spacial score (nSPS) is 15.7. The molecule has 1 saturated heterocycles. The number of piperidine rings is 1. The van der Waals surface area contributed by atoms with Gasteiger partial charge in [-0.3, -0.25) is 4.79 Å². The number of nitrogens with one attached hydrogen (secondary N) is 2. The van der Waals surface area contributed by atoms with Crippen LogP contribution in [0.15, 0.2) is 24.4 Å². The quantitative estimate of drug-likeness (QED) is 0.677. The molecule has 10 nitrogen and oxygen atoms in total. The number of halogens is 1. The molecular weight excluding hydrogens is 383 g/mol. The molecule has 0 spiro atoms. The zero-order chi connectivity index (χ0) is 21.0. The molecule has 3 N–H and O–H groups in total. The standard InChI is InChI=1S/C18H23FN6O4/c1-20-16(26)14-10-25(23-22-14)11-18(28)5-7-24(8-6-18)17(27)21-12-3-4-15(29-2)13(19)9-12/h3-4,9-10,28H,5-8,11H2,1-2H3,(H,20,26)(H,21,27). The highest BCUT2D eigenvalue weighted by molar-refractivity contribution is 5.91. The van der Waals surface area contributed by atoms with Crippen molar-refractivity contribution in [1.29, 1.82) is 0 Å². The van der Waals surface area contributed by atoms with Crippen molar-refractivity contribution < 1.29 is 23.8 Å². The first-order chi connectivity index (χ1) is 13.8. The van der Waals surface area contributed by atoms with E-state index in [9.17, 15) is 19.1 Å². The fraction of sp³-hybridized carbons (Fsp3) is 0.444. The average Bonchev–Trinajstić information content (AvgIpc) is 3.16. The smallest absolute Gasteiger partial charge is 0.321 e. The summed E-state index contributed by atoms with van der Waals surface area (Å²) in [6.07, 6.45) is 2.12. The van der Waals surface area contributed by atoms with E-state index in [0.717, 1.165) is 0 Å². The highest BCUT2D eigenvalue weighted by atomic mass is 19.1. The number of ether oxygens (including phenoxy) is 1. The van der Waals surface area contributed by atoms with Gasteiger partial charge in [0.2, 0.25) is 0 Å². The Morgan fingerprint density at radius 2 is 2.07 bits per heavy atom. The number of amides is 3. The Hall–Kier alpha value is -3.21. The van der Waals surface area contributed by atoms with Crippen LogP contribution < -0.4 is 15.4 Å². The third-order valence-electron chi connectivity index (χ3n) is 4.84. The van der Waals surface area contributed by atoms with Crippen LogP contribution in [-0.4, -0.2) is 69.8 Å². The second-order valence-electron chi connectivity index (χ2n) is 6.87. The van der Waals surface area contributed by atoms with Crippen LogP contribution in [0.1, 0.15) is 23.3 Å². The van der Waals surface area contributed by atoms with E-state index >= 15 is 0 Å². The lowest BCUT2D eigenvalue weighted by Gasteiger charge is -2.37. The summed E-state index contributed by atoms with van der Waals surface area (Å²) in [6, 6.07) is 3.80. The Bertz CT molecular complexity index is 894. The predicted molar refractivity (Wildman–Crippen MR) is 101 cm³/mol. The van der Waals surface area contributed by atoms with E-state index in [-0.39, 0.29) is 29.9 Å². The zero-order valence-corrected chi connectivity index (χ0v) is 16.2. The highest BCUT2D eigenvalue weighted by Crippen LogP contribution is 2.25. The Morgan fingerprint density at radius 3 is 2.69 bits per heavy atom. The SMILES string of the molecule is CNC(=O)c1cn(CC2(O)CCN(C(=O)Nc3ccc(OC)c(F)c3)CC2)nn1. The number of nitrogens with zero attached hydrogens (tertiary/aromatic N) is 4. The molecule has 1 aromatic carbocycles. The van der Waals surface area contributed by atoms with Gasteiger partial charge in [-0.05, 0) is 25.0 Å². The second kappa shape index (κ2) is 8.43. The monoisotopic (exact) mass is 406 g/mol. The third-order valence-corrected chi connectivity index (χ3v) is 4.84. The molecule has 0 bridgehead atoms. The van der Waals surface area contributed by atoms with E-state index in [1.807, 2.05) is 0 Å². The Balaban J connectivity index is 1.55. The van der Waals surface area contributed by atoms with Gasteiger partial charge < -0.3 is 25.4 Å². The number of carbonyl (C=O) groups is 2. The molecule has 0 aliphatic carbocycles. The first kappa shape index (κ1) is 20.5. The van der Waals surface area contributed by atoms with Gasteiger partial charge in [0, 0.05) is 31.9 Å². The largest absolute Gasteiger partial charge is 0.494 e. The van der Waals surface area contributed by atoms with E-state index in [4.69, 9.17) is 4.74 Å². The molecule has 1 aromatic heterocycles. The topological polar surface area (TPSA) is 122 Å². The van der Waals surface area contributed by atoms with Crippen molar-refractivity contribution in [2.75, 3.05) is 32.6 Å². The molecule has 2 heterocycles. The fourth-order valence-corrected chi connectivity index (χ4v) is 3.14. The summed E-state index contributed by atoms with van der Waals surface area (Å²) in [5.74, 6) is -0.828. The molecule has 0 radical (unpaired) electrons. The summed E-state index contributed by atoms with van der Waals surface area (Å²) in [5, 5.41) is 23.5. The van der Waals surface area contributed by atoms with Crippen molar-refractivity contribution in [3.8, 4) is 5.75 Å². The molecule has 3 rings (SSSR count). The Kier molecular flexibility index (Phi) is 5.97. The number of likely N-dealkylation sites (tertiary alicyclic amines) is 1. The van der Waals surface area contributed by atoms with Crippen LogP contribution in [0.25, 0.3) is 0 Å². The maximum atomic E-state index is 13.8. The number of aromatic nitrogens is 3. The summed E-state index contributed by atoms with van der Waals surface area (Å²) in [6.45, 7) is 0.798. The highest BCUT2D eigenvalue weighted by Gasteiger charge is 2.35. The zero-order valence-electron chi connectivity index (χ0n) is 16.2. The molecular formula is C18H23FN6O4. The van der Waals surface area contributed by atoms with Crippen molar-refractivity contribution in [3.63, 3.8) is 0 Å². The van der Waals surface area contributed by atoms with Gasteiger partial charge in [-0.15, -0.1) is 5.10 Å². The number of carbonyl (C=O) groups excluding carboxylic acids is 2. The maximum Gasteiger partial charge on any atom is 0.321 e. The first-order valence-corrected chi connectivity index (χ1v) is 9.07. The van der Waals surface area contributed by atoms with Crippen LogP contribution in [0, 0.1) is 5.82 Å². The van der Waals surface area contributed by atoms with Crippen LogP contribution in [0.4, 0.5) is 14.9 Å². The Labute approximate surface area is 166 Å². The molecule has 2 aromatic rings. The van der Waals surface area contributed by atoms with Crippen molar-refractivity contribution >= 4 is 17.6 Å². The summed E-state index contributed by atoms with van der Waals surface area (Å²) < 4.78 is 20.0. The van der Waals surface area contributed by atoms with Gasteiger partial charge in [-0.25, -0.2) is 13.9 Å². The second-order valence-corrected chi connectivity index (χ2v) is 6.87. The number of benzene rings is 1. The van der Waals surface area contributed by atoms with Crippen LogP contribution >= 0.6 is 0 Å². The van der Waals surface area contributed by atoms with Gasteiger partial charge >= 0.3 is 6.03 Å². The number of hydrogen-bond acceptors (Lipinski definition) is 6. The number of hydrogen-bond donors (Lipinski definition) is 3. The van der Waals surface area contributed by atoms with Crippen molar-refractivity contribution in [2.45, 2.75) is 25.0 Å². The van der Waals surface area contributed by atoms with Gasteiger partial charge in [-0.2, -0.15) is 0 Å². The van der Waals surface area contributed by atoms with Gasteiger partial charge in [0.1, 0.15) is 0 Å². The molecule has 0 unspecified atom stereocenters. The summed E-state index contributed by atoms with van der Waals surface area (Å²) >= 11 is 0. The summed E-state index contributed by atoms with van der Waals surface area (Å²) in [5.41, 5.74) is -0.588. The van der Waals surface area contributed by atoms with Gasteiger partial charge in [0.25, 0.3) is 5.91 Å². The van der Waals surface area contributed by atoms with Crippen molar-refractivity contribution in [3.05, 3.63) is 35.9 Å². The molecule has 156 valence electrons. The molecule has 11 heteroatoms. The number of rotatable bonds is 5. The number of aliphatic hydroxyl groups is 1. The average molecular weight is 406 g/mol. The van der Waals surface area contributed by atoms with E-state index in [1.54, 1.807) is 11.0 Å². The Morgan fingerprint density at radius 1 is 1.34 bits per heavy atom. The minimum absolute atomic E-state index is 0.0960. The third kappa shape index (κ3) is 4.80. The molecule has 3 amide bonds. The van der Waals surface area contributed by atoms with Gasteiger partial charge in [0.05, 0.1) is 25.5 Å². The van der Waals surface area contributed by atoms with Gasteiger partial charge in [0.15, 0.2) is 17.3 Å². The van der Waals surface area contributed by atoms with Crippen LogP contribution in [0.5, 0.6) is 5.75 Å². The van der Waals surface area contributed by atoms with E-state index in [0.29, 0.717) is 31.6 Å². The predicted octanol–water partition coefficient (Wildman–Crippen LogP) is 0.844. The van der Waals surface area contributed by atoms with E-state index < -0.39 is 11.4 Å². The minimum atomic E-state index is -1.07. The number of methoxy groups -OCH3 is 1. The molecule has 1 fully saturated rings. The molecule has 29 heavy (non-hydrogen) atoms. The number of anilines is 1. The molecule has 1 aliphatic heterocycles. The lowest BCUT2D eigenvalue weighted by atomic mass is 9.91. The lowest BCUT2D eigenvalue weighted by molar-refractivity contribution is -0.0276. The van der Waals surface area contributed by atoms with Crippen molar-refractivity contribution in [2.24, 2.45) is 0 Å². The fourth-order valence-electron chi connectivity index (χ4n) is 3.14. The van der Waals surface area contributed by atoms with Gasteiger partial charge in [-0.1, -0.05) is 5.21 Å². The number of urea groups is 1. The van der Waals surface area contributed by atoms with E-state index in [2.05, 4.69) is 20.9 Å². The van der Waals surface area contributed by atoms with Crippen molar-refractivity contribution in [1.82, 2.24) is 25.2 Å². The summed E-state index contributed by atoms with van der Waals surface area (Å²) in [7, 11) is 2.86. The molecule has 0 atom stereocenters. The van der Waals surface area contributed by atoms with Crippen LogP contribution in [-0.2, 0) is 6.54 Å². The minimum Gasteiger partial charge on any atom is -0.494 e. The first-order valence-electron chi connectivity index (χ1n) is 9.07.